The summed E-state index contributed by atoms with van der Waals surface area (Å²) >= 11 is 0. The summed E-state index contributed by atoms with van der Waals surface area (Å²) in [6.45, 7) is 2.30. The molecule has 0 bridgehead atoms. The molecule has 0 aliphatic carbocycles. The van der Waals surface area contributed by atoms with E-state index in [4.69, 9.17) is 9.47 Å². The van der Waals surface area contributed by atoms with Crippen molar-refractivity contribution in [1.29, 1.82) is 0 Å². The lowest BCUT2D eigenvalue weighted by Crippen LogP contribution is -1.98. The zero-order valence-electron chi connectivity index (χ0n) is 10.4. The Balaban J connectivity index is 2.10. The molecule has 0 unspecified atom stereocenters. The molecule has 0 aromatic heterocycles. The van der Waals surface area contributed by atoms with Crippen LogP contribution in [0.2, 0.25) is 0 Å². The number of hydrogen-bond donors (Lipinski definition) is 0. The van der Waals surface area contributed by atoms with Crippen LogP contribution in [0.3, 0.4) is 0 Å². The van der Waals surface area contributed by atoms with Crippen LogP contribution in [0.5, 0.6) is 11.5 Å². The molecule has 0 saturated carbocycles. The summed E-state index contributed by atoms with van der Waals surface area (Å²) in [5, 5.41) is 0. The van der Waals surface area contributed by atoms with Crippen LogP contribution in [-0.4, -0.2) is 7.11 Å². The maximum Gasteiger partial charge on any atom is 0.161 e. The topological polar surface area (TPSA) is 18.5 Å². The van der Waals surface area contributed by atoms with Gasteiger partial charge in [0.15, 0.2) is 11.5 Å². The van der Waals surface area contributed by atoms with Crippen molar-refractivity contribution < 1.29 is 13.9 Å². The van der Waals surface area contributed by atoms with Crippen molar-refractivity contribution in [3.05, 3.63) is 59.4 Å². The number of hydrogen-bond acceptors (Lipinski definition) is 2. The van der Waals surface area contributed by atoms with Gasteiger partial charge in [0.25, 0.3) is 0 Å². The molecule has 0 saturated heterocycles. The number of halogens is 1. The van der Waals surface area contributed by atoms with Gasteiger partial charge in [0.2, 0.25) is 0 Å². The maximum absolute atomic E-state index is 13.0. The van der Waals surface area contributed by atoms with Crippen molar-refractivity contribution in [3.63, 3.8) is 0 Å². The second kappa shape index (κ2) is 5.54. The zero-order valence-corrected chi connectivity index (χ0v) is 10.4. The summed E-state index contributed by atoms with van der Waals surface area (Å²) in [4.78, 5) is 0. The molecule has 0 fully saturated rings. The van der Waals surface area contributed by atoms with E-state index in [2.05, 4.69) is 0 Å². The van der Waals surface area contributed by atoms with E-state index < -0.39 is 0 Å². The predicted molar refractivity (Wildman–Crippen MR) is 68.5 cm³/mol. The Kier molecular flexibility index (Phi) is 3.82. The van der Waals surface area contributed by atoms with Crippen LogP contribution in [0.15, 0.2) is 42.5 Å². The molecule has 94 valence electrons. The van der Waals surface area contributed by atoms with Crippen LogP contribution < -0.4 is 9.47 Å². The average Bonchev–Trinajstić information content (AvgIpc) is 2.37. The summed E-state index contributed by atoms with van der Waals surface area (Å²) in [5.41, 5.74) is 1.89. The fourth-order valence-corrected chi connectivity index (χ4v) is 1.68. The number of methoxy groups -OCH3 is 1. The van der Waals surface area contributed by atoms with E-state index >= 15 is 0 Å². The van der Waals surface area contributed by atoms with Crippen molar-refractivity contribution in [2.75, 3.05) is 7.11 Å². The molecule has 2 nitrogen and oxygen atoms in total. The highest BCUT2D eigenvalue weighted by Crippen LogP contribution is 2.28. The van der Waals surface area contributed by atoms with Gasteiger partial charge in [-0.3, -0.25) is 0 Å². The molecule has 0 heterocycles. The molecule has 0 spiro atoms. The van der Waals surface area contributed by atoms with Crippen molar-refractivity contribution >= 4 is 0 Å². The van der Waals surface area contributed by atoms with Gasteiger partial charge < -0.3 is 9.47 Å². The second-order valence-corrected chi connectivity index (χ2v) is 4.07. The first kappa shape index (κ1) is 12.4. The predicted octanol–water partition coefficient (Wildman–Crippen LogP) is 3.72. The second-order valence-electron chi connectivity index (χ2n) is 4.07. The van der Waals surface area contributed by atoms with Crippen molar-refractivity contribution in [3.8, 4) is 11.5 Å². The lowest BCUT2D eigenvalue weighted by atomic mass is 10.2. The van der Waals surface area contributed by atoms with Crippen molar-refractivity contribution in [2.24, 2.45) is 0 Å². The van der Waals surface area contributed by atoms with Crippen LogP contribution >= 0.6 is 0 Å². The highest BCUT2D eigenvalue weighted by atomic mass is 19.1. The van der Waals surface area contributed by atoms with E-state index in [1.807, 2.05) is 31.2 Å². The van der Waals surface area contributed by atoms with Gasteiger partial charge in [-0.25, -0.2) is 4.39 Å². The number of aryl methyl sites for hydroxylation is 1. The molecular weight excluding hydrogens is 231 g/mol. The summed E-state index contributed by atoms with van der Waals surface area (Å²) in [5.74, 6) is 1.09. The van der Waals surface area contributed by atoms with E-state index in [9.17, 15) is 4.39 Å². The molecule has 0 aliphatic rings. The summed E-state index contributed by atoms with van der Waals surface area (Å²) in [7, 11) is 1.60. The van der Waals surface area contributed by atoms with Gasteiger partial charge in [0.05, 0.1) is 7.11 Å². The van der Waals surface area contributed by atoms with Gasteiger partial charge in [0.1, 0.15) is 12.4 Å². The highest BCUT2D eigenvalue weighted by Gasteiger charge is 2.04. The van der Waals surface area contributed by atoms with Gasteiger partial charge in [-0.15, -0.1) is 0 Å². The van der Waals surface area contributed by atoms with Gasteiger partial charge >= 0.3 is 0 Å². The zero-order chi connectivity index (χ0) is 13.0. The van der Waals surface area contributed by atoms with E-state index in [0.717, 1.165) is 11.1 Å². The molecule has 0 N–H and O–H groups in total. The van der Waals surface area contributed by atoms with Crippen LogP contribution in [0.25, 0.3) is 0 Å². The minimum atomic E-state index is -0.257. The third-order valence-electron chi connectivity index (χ3n) is 2.60. The highest BCUT2D eigenvalue weighted by molar-refractivity contribution is 5.42. The Bertz CT molecular complexity index is 538. The monoisotopic (exact) mass is 246 g/mol. The Hall–Kier alpha value is -2.03. The molecular formula is C15H15FO2. The molecule has 18 heavy (non-hydrogen) atoms. The molecule has 2 aromatic carbocycles. The summed E-state index contributed by atoms with van der Waals surface area (Å²) in [6, 6.07) is 12.1. The van der Waals surface area contributed by atoms with E-state index in [-0.39, 0.29) is 5.82 Å². The number of benzene rings is 2. The lowest BCUT2D eigenvalue weighted by molar-refractivity contribution is 0.284. The largest absolute Gasteiger partial charge is 0.493 e. The Morgan fingerprint density at radius 1 is 1.06 bits per heavy atom. The Morgan fingerprint density at radius 2 is 1.89 bits per heavy atom. The quantitative estimate of drug-likeness (QED) is 0.818. The summed E-state index contributed by atoms with van der Waals surface area (Å²) < 4.78 is 23.9. The SMILES string of the molecule is COc1cc(C)ccc1OCc1cccc(F)c1. The van der Waals surface area contributed by atoms with E-state index in [1.165, 1.54) is 12.1 Å². The maximum atomic E-state index is 13.0. The summed E-state index contributed by atoms with van der Waals surface area (Å²) in [6.07, 6.45) is 0. The van der Waals surface area contributed by atoms with Gasteiger partial charge in [0, 0.05) is 0 Å². The standard InChI is InChI=1S/C15H15FO2/c1-11-6-7-14(15(8-11)17-2)18-10-12-4-3-5-13(16)9-12/h3-9H,10H2,1-2H3. The van der Waals surface area contributed by atoms with E-state index in [0.29, 0.717) is 18.1 Å². The minimum Gasteiger partial charge on any atom is -0.493 e. The van der Waals surface area contributed by atoms with Crippen LogP contribution in [0.4, 0.5) is 4.39 Å². The van der Waals surface area contributed by atoms with Crippen molar-refractivity contribution in [2.45, 2.75) is 13.5 Å². The molecule has 2 rings (SSSR count). The van der Waals surface area contributed by atoms with Crippen LogP contribution in [0.1, 0.15) is 11.1 Å². The fraction of sp³-hybridized carbons (Fsp3) is 0.200. The number of ether oxygens (including phenoxy) is 2. The van der Waals surface area contributed by atoms with Crippen molar-refractivity contribution in [1.82, 2.24) is 0 Å². The molecule has 0 aliphatic heterocycles. The Morgan fingerprint density at radius 3 is 2.61 bits per heavy atom. The lowest BCUT2D eigenvalue weighted by Gasteiger charge is -2.11. The first-order valence-electron chi connectivity index (χ1n) is 5.71. The molecule has 0 atom stereocenters. The minimum absolute atomic E-state index is 0.257. The molecule has 0 amide bonds. The van der Waals surface area contributed by atoms with Crippen LogP contribution in [0, 0.1) is 12.7 Å². The molecule has 0 radical (unpaired) electrons. The first-order valence-corrected chi connectivity index (χ1v) is 5.71. The van der Waals surface area contributed by atoms with Gasteiger partial charge in [-0.05, 0) is 42.3 Å². The molecule has 2 aromatic rings. The smallest absolute Gasteiger partial charge is 0.161 e. The van der Waals surface area contributed by atoms with E-state index in [1.54, 1.807) is 13.2 Å². The van der Waals surface area contributed by atoms with Crippen LogP contribution in [-0.2, 0) is 6.61 Å². The van der Waals surface area contributed by atoms with Gasteiger partial charge in [-0.2, -0.15) is 0 Å². The normalized spacial score (nSPS) is 10.2. The molecule has 3 heteroatoms. The Labute approximate surface area is 106 Å². The van der Waals surface area contributed by atoms with Gasteiger partial charge in [-0.1, -0.05) is 18.2 Å². The fourth-order valence-electron chi connectivity index (χ4n) is 1.68. The number of rotatable bonds is 4. The average molecular weight is 246 g/mol. The third-order valence-corrected chi connectivity index (χ3v) is 2.60. The first-order chi connectivity index (χ1) is 8.69. The third kappa shape index (κ3) is 3.00.